The van der Waals surface area contributed by atoms with Crippen LogP contribution in [0.2, 0.25) is 0 Å². The fourth-order valence-corrected chi connectivity index (χ4v) is 3.40. The molecule has 0 spiro atoms. The monoisotopic (exact) mass is 287 g/mol. The molecule has 1 aromatic carbocycles. The van der Waals surface area contributed by atoms with Crippen molar-refractivity contribution in [1.29, 1.82) is 0 Å². The van der Waals surface area contributed by atoms with Gasteiger partial charge in [-0.25, -0.2) is 0 Å². The van der Waals surface area contributed by atoms with Gasteiger partial charge in [0.25, 0.3) is 5.69 Å². The Bertz CT molecular complexity index is 703. The molecule has 0 radical (unpaired) electrons. The first-order valence-corrected chi connectivity index (χ1v) is 7.38. The molecule has 0 bridgehead atoms. The molecule has 0 aliphatic rings. The molecular formula is C14H9NO2S2. The van der Waals surface area contributed by atoms with Gasteiger partial charge in [0.15, 0.2) is 0 Å². The Morgan fingerprint density at radius 1 is 0.947 bits per heavy atom. The molecule has 0 unspecified atom stereocenters. The van der Waals surface area contributed by atoms with Gasteiger partial charge in [-0.1, -0.05) is 18.2 Å². The van der Waals surface area contributed by atoms with Crippen LogP contribution < -0.4 is 0 Å². The van der Waals surface area contributed by atoms with Gasteiger partial charge >= 0.3 is 0 Å². The molecule has 19 heavy (non-hydrogen) atoms. The molecule has 3 rings (SSSR count). The lowest BCUT2D eigenvalue weighted by atomic mass is 10.1. The standard InChI is InChI=1S/C14H9NO2S2/c16-15(17)12-9-10(13-3-1-7-18-13)5-6-11(12)14-4-2-8-19-14/h1-9H. The van der Waals surface area contributed by atoms with Crippen molar-refractivity contribution in [3.05, 3.63) is 63.3 Å². The number of nitro benzene ring substituents is 1. The summed E-state index contributed by atoms with van der Waals surface area (Å²) < 4.78 is 0. The summed E-state index contributed by atoms with van der Waals surface area (Å²) in [6.07, 6.45) is 0. The first kappa shape index (κ1) is 12.1. The van der Waals surface area contributed by atoms with E-state index in [4.69, 9.17) is 0 Å². The third-order valence-electron chi connectivity index (χ3n) is 2.79. The van der Waals surface area contributed by atoms with Crippen LogP contribution in [0.25, 0.3) is 20.9 Å². The lowest BCUT2D eigenvalue weighted by Crippen LogP contribution is -1.91. The molecule has 94 valence electrons. The van der Waals surface area contributed by atoms with Crippen molar-refractivity contribution >= 4 is 28.4 Å². The van der Waals surface area contributed by atoms with Gasteiger partial charge in [-0.3, -0.25) is 10.1 Å². The highest BCUT2D eigenvalue weighted by atomic mass is 32.1. The van der Waals surface area contributed by atoms with E-state index in [-0.39, 0.29) is 10.6 Å². The summed E-state index contributed by atoms with van der Waals surface area (Å²) in [6.45, 7) is 0. The van der Waals surface area contributed by atoms with Gasteiger partial charge < -0.3 is 0 Å². The van der Waals surface area contributed by atoms with E-state index in [1.807, 2.05) is 47.2 Å². The lowest BCUT2D eigenvalue weighted by Gasteiger charge is -2.03. The van der Waals surface area contributed by atoms with Gasteiger partial charge in [0.2, 0.25) is 0 Å². The van der Waals surface area contributed by atoms with E-state index in [2.05, 4.69) is 0 Å². The lowest BCUT2D eigenvalue weighted by molar-refractivity contribution is -0.384. The maximum Gasteiger partial charge on any atom is 0.278 e. The predicted molar refractivity (Wildman–Crippen MR) is 79.7 cm³/mol. The van der Waals surface area contributed by atoms with E-state index in [1.54, 1.807) is 17.4 Å². The number of nitrogens with zero attached hydrogens (tertiary/aromatic N) is 1. The van der Waals surface area contributed by atoms with Crippen LogP contribution in [0, 0.1) is 10.1 Å². The highest BCUT2D eigenvalue weighted by Crippen LogP contribution is 2.37. The van der Waals surface area contributed by atoms with Gasteiger partial charge in [0, 0.05) is 15.8 Å². The molecule has 0 aliphatic carbocycles. The van der Waals surface area contributed by atoms with Crippen molar-refractivity contribution in [3.8, 4) is 20.9 Å². The molecule has 2 heterocycles. The fourth-order valence-electron chi connectivity index (χ4n) is 1.92. The van der Waals surface area contributed by atoms with Crippen LogP contribution in [0.5, 0.6) is 0 Å². The van der Waals surface area contributed by atoms with Gasteiger partial charge in [0.1, 0.15) is 0 Å². The fraction of sp³-hybridized carbons (Fsp3) is 0. The van der Waals surface area contributed by atoms with Crippen LogP contribution in [0.3, 0.4) is 0 Å². The summed E-state index contributed by atoms with van der Waals surface area (Å²) in [5.74, 6) is 0. The molecule has 0 amide bonds. The van der Waals surface area contributed by atoms with Crippen molar-refractivity contribution < 1.29 is 4.92 Å². The SMILES string of the molecule is O=[N+]([O-])c1cc(-c2cccs2)ccc1-c1cccs1. The van der Waals surface area contributed by atoms with E-state index in [0.29, 0.717) is 5.56 Å². The Morgan fingerprint density at radius 2 is 1.63 bits per heavy atom. The second kappa shape index (κ2) is 4.95. The quantitative estimate of drug-likeness (QED) is 0.499. The van der Waals surface area contributed by atoms with E-state index >= 15 is 0 Å². The topological polar surface area (TPSA) is 43.1 Å². The predicted octanol–water partition coefficient (Wildman–Crippen LogP) is 5.05. The van der Waals surface area contributed by atoms with Crippen molar-refractivity contribution in [2.24, 2.45) is 0 Å². The zero-order valence-corrected chi connectivity index (χ0v) is 11.4. The molecule has 3 nitrogen and oxygen atoms in total. The third-order valence-corrected chi connectivity index (χ3v) is 4.61. The highest BCUT2D eigenvalue weighted by molar-refractivity contribution is 7.14. The first-order valence-electron chi connectivity index (χ1n) is 5.62. The summed E-state index contributed by atoms with van der Waals surface area (Å²) in [7, 11) is 0. The minimum absolute atomic E-state index is 0.161. The first-order chi connectivity index (χ1) is 9.25. The molecule has 0 fully saturated rings. The average molecular weight is 287 g/mol. The normalized spacial score (nSPS) is 10.5. The summed E-state index contributed by atoms with van der Waals surface area (Å²) >= 11 is 3.09. The molecule has 0 saturated heterocycles. The molecule has 0 aliphatic heterocycles. The Hall–Kier alpha value is -1.98. The minimum atomic E-state index is -0.313. The smallest absolute Gasteiger partial charge is 0.258 e. The van der Waals surface area contributed by atoms with E-state index in [9.17, 15) is 10.1 Å². The summed E-state index contributed by atoms with van der Waals surface area (Å²) in [4.78, 5) is 12.9. The minimum Gasteiger partial charge on any atom is -0.258 e. The van der Waals surface area contributed by atoms with Gasteiger partial charge in [0.05, 0.1) is 10.5 Å². The Balaban J connectivity index is 2.15. The van der Waals surface area contributed by atoms with E-state index in [1.165, 1.54) is 11.3 Å². The number of hydrogen-bond acceptors (Lipinski definition) is 4. The van der Waals surface area contributed by atoms with Crippen LogP contribution in [0.4, 0.5) is 5.69 Å². The van der Waals surface area contributed by atoms with Crippen LogP contribution in [-0.4, -0.2) is 4.92 Å². The van der Waals surface area contributed by atoms with Crippen molar-refractivity contribution in [3.63, 3.8) is 0 Å². The van der Waals surface area contributed by atoms with Crippen molar-refractivity contribution in [2.75, 3.05) is 0 Å². The number of rotatable bonds is 3. The molecule has 2 aromatic heterocycles. The maximum absolute atomic E-state index is 11.3. The third kappa shape index (κ3) is 2.30. The van der Waals surface area contributed by atoms with E-state index < -0.39 is 0 Å². The number of thiophene rings is 2. The summed E-state index contributed by atoms with van der Waals surface area (Å²) in [5.41, 5.74) is 1.73. The average Bonchev–Trinajstić information content (AvgIpc) is 3.11. The molecule has 0 atom stereocenters. The van der Waals surface area contributed by atoms with Gasteiger partial charge in [-0.15, -0.1) is 22.7 Å². The number of benzene rings is 1. The highest BCUT2D eigenvalue weighted by Gasteiger charge is 2.17. The molecule has 0 N–H and O–H groups in total. The number of hydrogen-bond donors (Lipinski definition) is 0. The Kier molecular flexibility index (Phi) is 3.15. The zero-order chi connectivity index (χ0) is 13.2. The van der Waals surface area contributed by atoms with Crippen LogP contribution >= 0.6 is 22.7 Å². The van der Waals surface area contributed by atoms with Crippen LogP contribution in [-0.2, 0) is 0 Å². The van der Waals surface area contributed by atoms with Gasteiger partial charge in [-0.2, -0.15) is 0 Å². The van der Waals surface area contributed by atoms with Gasteiger partial charge in [-0.05, 0) is 34.5 Å². The zero-order valence-electron chi connectivity index (χ0n) is 9.78. The van der Waals surface area contributed by atoms with Crippen LogP contribution in [0.1, 0.15) is 0 Å². The van der Waals surface area contributed by atoms with E-state index in [0.717, 1.165) is 15.3 Å². The van der Waals surface area contributed by atoms with Crippen molar-refractivity contribution in [2.45, 2.75) is 0 Å². The van der Waals surface area contributed by atoms with Crippen LogP contribution in [0.15, 0.2) is 53.2 Å². The summed E-state index contributed by atoms with van der Waals surface area (Å²) in [6, 6.07) is 13.1. The summed E-state index contributed by atoms with van der Waals surface area (Å²) in [5, 5.41) is 15.1. The second-order valence-electron chi connectivity index (χ2n) is 3.94. The maximum atomic E-state index is 11.3. The van der Waals surface area contributed by atoms with Crippen molar-refractivity contribution in [1.82, 2.24) is 0 Å². The number of nitro groups is 1. The Labute approximate surface area is 117 Å². The molecule has 5 heteroatoms. The molecular weight excluding hydrogens is 278 g/mol. The largest absolute Gasteiger partial charge is 0.278 e. The second-order valence-corrected chi connectivity index (χ2v) is 5.84. The molecule has 0 saturated carbocycles. The molecule has 3 aromatic rings. The Morgan fingerprint density at radius 3 is 2.21 bits per heavy atom.